The summed E-state index contributed by atoms with van der Waals surface area (Å²) in [4.78, 5) is 53.3. The van der Waals surface area contributed by atoms with E-state index in [2.05, 4.69) is 16.0 Å². The number of rotatable bonds is 14. The van der Waals surface area contributed by atoms with Crippen molar-refractivity contribution in [3.63, 3.8) is 0 Å². The molecule has 0 spiro atoms. The van der Waals surface area contributed by atoms with E-state index >= 15 is 0 Å². The zero-order valence-corrected chi connectivity index (χ0v) is 22.6. The van der Waals surface area contributed by atoms with Crippen LogP contribution in [0.15, 0.2) is 54.6 Å². The van der Waals surface area contributed by atoms with Gasteiger partial charge >= 0.3 is 0 Å². The van der Waals surface area contributed by atoms with E-state index < -0.39 is 41.6 Å². The maximum Gasteiger partial charge on any atom is 0.247 e. The SMILES string of the molecule is CN(C)C(=O)C(Cc1ccc(C(=N)N)cc1)C(=O)N[C@H](C(=O)NC(CCCNC(=N)N)C(N)=O)c1ccccc1. The van der Waals surface area contributed by atoms with Crippen molar-refractivity contribution in [2.75, 3.05) is 20.6 Å². The first-order valence-electron chi connectivity index (χ1n) is 12.6. The van der Waals surface area contributed by atoms with Crippen LogP contribution in [0, 0.1) is 16.7 Å². The maximum absolute atomic E-state index is 13.5. The molecule has 0 aliphatic heterocycles. The van der Waals surface area contributed by atoms with Crippen molar-refractivity contribution in [1.29, 1.82) is 10.8 Å². The van der Waals surface area contributed by atoms with Crippen molar-refractivity contribution in [3.8, 4) is 0 Å². The second-order valence-corrected chi connectivity index (χ2v) is 9.40. The molecule has 0 radical (unpaired) electrons. The van der Waals surface area contributed by atoms with Gasteiger partial charge in [-0.25, -0.2) is 0 Å². The molecule has 13 heteroatoms. The van der Waals surface area contributed by atoms with Crippen LogP contribution in [-0.2, 0) is 25.6 Å². The van der Waals surface area contributed by atoms with Crippen LogP contribution < -0.4 is 33.2 Å². The fourth-order valence-electron chi connectivity index (χ4n) is 3.92. The van der Waals surface area contributed by atoms with E-state index in [4.69, 9.17) is 28.0 Å². The molecule has 0 saturated heterocycles. The van der Waals surface area contributed by atoms with Crippen LogP contribution in [0.2, 0.25) is 0 Å². The number of hydrogen-bond donors (Lipinski definition) is 8. The van der Waals surface area contributed by atoms with Gasteiger partial charge in [0.15, 0.2) is 5.96 Å². The third kappa shape index (κ3) is 9.42. The minimum Gasteiger partial charge on any atom is -0.384 e. The fraction of sp³-hybridized carbons (Fsp3) is 0.333. The number of guanidine groups is 1. The maximum atomic E-state index is 13.5. The molecule has 0 saturated carbocycles. The molecule has 2 unspecified atom stereocenters. The average Bonchev–Trinajstić information content (AvgIpc) is 2.91. The Balaban J connectivity index is 2.28. The number of carbonyl (C=O) groups is 4. The molecule has 2 rings (SSSR count). The van der Waals surface area contributed by atoms with Crippen molar-refractivity contribution in [3.05, 3.63) is 71.3 Å². The number of nitrogens with two attached hydrogens (primary N) is 3. The topological polar surface area (TPSA) is 233 Å². The Morgan fingerprint density at radius 1 is 0.875 bits per heavy atom. The molecule has 0 aliphatic rings. The van der Waals surface area contributed by atoms with Gasteiger partial charge in [-0.15, -0.1) is 0 Å². The first-order chi connectivity index (χ1) is 18.9. The van der Waals surface area contributed by atoms with Crippen molar-refractivity contribution >= 4 is 35.4 Å². The van der Waals surface area contributed by atoms with Gasteiger partial charge in [0.05, 0.1) is 0 Å². The normalized spacial score (nSPS) is 12.8. The van der Waals surface area contributed by atoms with E-state index in [9.17, 15) is 19.2 Å². The van der Waals surface area contributed by atoms with E-state index in [1.54, 1.807) is 54.6 Å². The van der Waals surface area contributed by atoms with Crippen molar-refractivity contribution in [2.45, 2.75) is 31.3 Å². The number of primary amides is 1. The zero-order valence-electron chi connectivity index (χ0n) is 22.6. The van der Waals surface area contributed by atoms with E-state index in [-0.39, 0.29) is 24.6 Å². The number of amides is 4. The summed E-state index contributed by atoms with van der Waals surface area (Å²) in [7, 11) is 3.06. The number of carbonyl (C=O) groups excluding carboxylic acids is 4. The highest BCUT2D eigenvalue weighted by atomic mass is 16.2. The Hall–Kier alpha value is -4.94. The van der Waals surface area contributed by atoms with Gasteiger partial charge in [-0.3, -0.25) is 30.0 Å². The summed E-state index contributed by atoms with van der Waals surface area (Å²) < 4.78 is 0. The Bertz CT molecular complexity index is 1220. The molecule has 3 atom stereocenters. The van der Waals surface area contributed by atoms with Crippen molar-refractivity contribution < 1.29 is 19.2 Å². The number of nitrogens with zero attached hydrogens (tertiary/aromatic N) is 1. The smallest absolute Gasteiger partial charge is 0.247 e. The predicted molar refractivity (Wildman–Crippen MR) is 151 cm³/mol. The number of hydrogen-bond acceptors (Lipinski definition) is 6. The molecular formula is C27H37N9O4. The second kappa shape index (κ2) is 14.9. The van der Waals surface area contributed by atoms with Crippen LogP contribution in [0.4, 0.5) is 0 Å². The Morgan fingerprint density at radius 3 is 2.02 bits per heavy atom. The standard InChI is InChI=1S/C27H37N9O4/c1-36(2)26(40)19(15-16-10-12-18(13-11-16)22(28)29)24(38)35-21(17-7-4-3-5-8-17)25(39)34-20(23(30)37)9-6-14-33-27(31)32/h3-5,7-8,10-13,19-21H,6,9,14-15H2,1-2H3,(H3,28,29)(H2,30,37)(H,34,39)(H,35,38)(H4,31,32,33)/t19?,20?,21-/m0/s1. The van der Waals surface area contributed by atoms with Crippen LogP contribution in [0.25, 0.3) is 0 Å². The fourth-order valence-corrected chi connectivity index (χ4v) is 3.92. The van der Waals surface area contributed by atoms with E-state index in [0.29, 0.717) is 29.7 Å². The Labute approximate surface area is 232 Å². The summed E-state index contributed by atoms with van der Waals surface area (Å²) in [6, 6.07) is 12.8. The molecule has 40 heavy (non-hydrogen) atoms. The molecule has 0 aromatic heterocycles. The van der Waals surface area contributed by atoms with E-state index in [0.717, 1.165) is 0 Å². The largest absolute Gasteiger partial charge is 0.384 e. The first-order valence-corrected chi connectivity index (χ1v) is 12.6. The Morgan fingerprint density at radius 2 is 1.50 bits per heavy atom. The minimum atomic E-state index is -1.22. The third-order valence-corrected chi connectivity index (χ3v) is 6.09. The number of benzene rings is 2. The summed E-state index contributed by atoms with van der Waals surface area (Å²) in [5.74, 6) is -4.07. The molecule has 11 N–H and O–H groups in total. The number of nitrogens with one attached hydrogen (secondary N) is 5. The highest BCUT2D eigenvalue weighted by Crippen LogP contribution is 2.18. The van der Waals surface area contributed by atoms with Crippen molar-refractivity contribution in [1.82, 2.24) is 20.9 Å². The number of amidine groups is 1. The number of nitrogen functional groups attached to an aromatic ring is 1. The lowest BCUT2D eigenvalue weighted by molar-refractivity contribution is -0.142. The molecule has 4 amide bonds. The van der Waals surface area contributed by atoms with Crippen LogP contribution in [-0.4, -0.2) is 67.0 Å². The van der Waals surface area contributed by atoms with Gasteiger partial charge in [-0.2, -0.15) is 0 Å². The molecule has 2 aromatic carbocycles. The van der Waals surface area contributed by atoms with Crippen LogP contribution in [0.1, 0.15) is 35.6 Å². The molecule has 13 nitrogen and oxygen atoms in total. The lowest BCUT2D eigenvalue weighted by atomic mass is 9.95. The zero-order chi connectivity index (χ0) is 29.8. The van der Waals surface area contributed by atoms with Crippen LogP contribution in [0.3, 0.4) is 0 Å². The van der Waals surface area contributed by atoms with Crippen molar-refractivity contribution in [2.24, 2.45) is 23.1 Å². The molecular weight excluding hydrogens is 514 g/mol. The third-order valence-electron chi connectivity index (χ3n) is 6.09. The second-order valence-electron chi connectivity index (χ2n) is 9.40. The van der Waals surface area contributed by atoms with Gasteiger partial charge in [-0.05, 0) is 30.4 Å². The highest BCUT2D eigenvalue weighted by molar-refractivity contribution is 6.02. The van der Waals surface area contributed by atoms with Crippen LogP contribution in [0.5, 0.6) is 0 Å². The summed E-state index contributed by atoms with van der Waals surface area (Å²) in [6.45, 7) is 0.301. The molecule has 0 bridgehead atoms. The lowest BCUT2D eigenvalue weighted by Gasteiger charge is -2.25. The molecule has 2 aromatic rings. The highest BCUT2D eigenvalue weighted by Gasteiger charge is 2.33. The van der Waals surface area contributed by atoms with Gasteiger partial charge in [0.1, 0.15) is 23.8 Å². The molecule has 0 fully saturated rings. The summed E-state index contributed by atoms with van der Waals surface area (Å²) in [5.41, 5.74) is 17.9. The molecule has 0 aliphatic carbocycles. The van der Waals surface area contributed by atoms with Gasteiger partial charge < -0.3 is 38.1 Å². The van der Waals surface area contributed by atoms with Gasteiger partial charge in [0.25, 0.3) is 0 Å². The monoisotopic (exact) mass is 551 g/mol. The van der Waals surface area contributed by atoms with Gasteiger partial charge in [0, 0.05) is 26.2 Å². The van der Waals surface area contributed by atoms with Gasteiger partial charge in [-0.1, -0.05) is 54.6 Å². The minimum absolute atomic E-state index is 0.0389. The lowest BCUT2D eigenvalue weighted by Crippen LogP contribution is -2.51. The first kappa shape index (κ1) is 31.3. The summed E-state index contributed by atoms with van der Waals surface area (Å²) in [6.07, 6.45) is 0.601. The predicted octanol–water partition coefficient (Wildman–Crippen LogP) is -0.692. The van der Waals surface area contributed by atoms with E-state index in [1.807, 2.05) is 0 Å². The van der Waals surface area contributed by atoms with Gasteiger partial charge in [0.2, 0.25) is 23.6 Å². The average molecular weight is 552 g/mol. The summed E-state index contributed by atoms with van der Waals surface area (Å²) in [5, 5.41) is 22.7. The Kier molecular flexibility index (Phi) is 11.6. The van der Waals surface area contributed by atoms with E-state index in [1.165, 1.54) is 19.0 Å². The van der Waals surface area contributed by atoms with Crippen LogP contribution >= 0.6 is 0 Å². The molecule has 0 heterocycles. The summed E-state index contributed by atoms with van der Waals surface area (Å²) >= 11 is 0. The molecule has 214 valence electrons. The quantitative estimate of drug-likeness (QED) is 0.0650.